The molecule has 1 aromatic carbocycles. The molecule has 0 aromatic heterocycles. The quantitative estimate of drug-likeness (QED) is 0.735. The van der Waals surface area contributed by atoms with Gasteiger partial charge < -0.3 is 17.3 Å². The van der Waals surface area contributed by atoms with Crippen LogP contribution in [0.3, 0.4) is 0 Å². The lowest BCUT2D eigenvalue weighted by Crippen LogP contribution is -3.00. The van der Waals surface area contributed by atoms with Crippen LogP contribution in [-0.4, -0.2) is 22.8 Å². The van der Waals surface area contributed by atoms with Crippen LogP contribution in [-0.2, 0) is 0 Å². The highest BCUT2D eigenvalue weighted by Gasteiger charge is 2.13. The molecule has 0 spiro atoms. The molecule has 1 rings (SSSR count). The fraction of sp³-hybridized carbons (Fsp3) is 0.455. The number of hydrogen-bond donors (Lipinski definition) is 0. The van der Waals surface area contributed by atoms with Gasteiger partial charge in [0.15, 0.2) is 0 Å². The minimum absolute atomic E-state index is 0. The van der Waals surface area contributed by atoms with E-state index in [2.05, 4.69) is 0 Å². The smallest absolute Gasteiger partial charge is 0.125 e. The van der Waals surface area contributed by atoms with E-state index in [9.17, 15) is 0 Å². The number of rotatable bonds is 5. The fourth-order valence-electron chi connectivity index (χ4n) is 1.37. The summed E-state index contributed by atoms with van der Waals surface area (Å²) in [4.78, 5) is 1.04. The molecule has 0 N–H and O–H groups in total. The molecule has 0 unspecified atom stereocenters. The van der Waals surface area contributed by atoms with E-state index in [-0.39, 0.29) is 12.4 Å². The predicted octanol–water partition coefficient (Wildman–Crippen LogP) is 1.41. The van der Waals surface area contributed by atoms with Crippen LogP contribution in [0.15, 0.2) is 24.3 Å². The SMILES string of the molecule is Cc1ccc(N(CC(Cl)Cl)CC(Cl)Cl)cc1.[Cl-]. The number of nitrogens with zero attached hydrogens (tertiary/aromatic N) is 1. The van der Waals surface area contributed by atoms with Gasteiger partial charge in [-0.05, 0) is 19.1 Å². The van der Waals surface area contributed by atoms with Crippen molar-refractivity contribution in [1.29, 1.82) is 0 Å². The maximum absolute atomic E-state index is 5.77. The number of aryl methyl sites for hydroxylation is 1. The molecule has 0 saturated carbocycles. The molecule has 1 nitrogen and oxygen atoms in total. The Kier molecular flexibility index (Phi) is 8.79. The Morgan fingerprint density at radius 1 is 0.941 bits per heavy atom. The minimum atomic E-state index is -0.464. The van der Waals surface area contributed by atoms with Gasteiger partial charge in [-0.3, -0.25) is 0 Å². The van der Waals surface area contributed by atoms with Crippen LogP contribution in [0.4, 0.5) is 5.69 Å². The highest BCUT2D eigenvalue weighted by atomic mass is 35.5. The van der Waals surface area contributed by atoms with Gasteiger partial charge in [0.05, 0.1) is 0 Å². The molecular formula is C11H13Cl5N-. The zero-order valence-corrected chi connectivity index (χ0v) is 13.0. The molecule has 0 radical (unpaired) electrons. The van der Waals surface area contributed by atoms with Crippen molar-refractivity contribution >= 4 is 52.1 Å². The van der Waals surface area contributed by atoms with E-state index in [1.54, 1.807) is 0 Å². The van der Waals surface area contributed by atoms with E-state index < -0.39 is 9.67 Å². The number of anilines is 1. The molecule has 0 saturated heterocycles. The molecule has 0 aliphatic carbocycles. The highest BCUT2D eigenvalue weighted by molar-refractivity contribution is 6.45. The lowest BCUT2D eigenvalue weighted by Gasteiger charge is -2.25. The molecule has 1 aromatic rings. The summed E-state index contributed by atoms with van der Waals surface area (Å²) in [6, 6.07) is 8.05. The third-order valence-electron chi connectivity index (χ3n) is 2.12. The summed E-state index contributed by atoms with van der Waals surface area (Å²) in [5.41, 5.74) is 2.22. The first-order chi connectivity index (χ1) is 7.49. The van der Waals surface area contributed by atoms with E-state index in [1.807, 2.05) is 36.1 Å². The van der Waals surface area contributed by atoms with E-state index in [0.717, 1.165) is 5.69 Å². The van der Waals surface area contributed by atoms with Gasteiger partial charge in [0.1, 0.15) is 9.67 Å². The fourth-order valence-corrected chi connectivity index (χ4v) is 2.04. The summed E-state index contributed by atoms with van der Waals surface area (Å²) >= 11 is 23.1. The van der Waals surface area contributed by atoms with Crippen molar-refractivity contribution in [3.05, 3.63) is 29.8 Å². The highest BCUT2D eigenvalue weighted by Crippen LogP contribution is 2.19. The monoisotopic (exact) mass is 334 g/mol. The number of halogens is 5. The average Bonchev–Trinajstić information content (AvgIpc) is 2.16. The molecule has 0 fully saturated rings. The Balaban J connectivity index is 0.00000256. The summed E-state index contributed by atoms with van der Waals surface area (Å²) in [5, 5.41) is 0. The van der Waals surface area contributed by atoms with Crippen LogP contribution in [0.2, 0.25) is 0 Å². The number of alkyl halides is 4. The topological polar surface area (TPSA) is 3.24 Å². The third-order valence-corrected chi connectivity index (χ3v) is 2.67. The summed E-state index contributed by atoms with van der Waals surface area (Å²) in [6.45, 7) is 3.04. The normalized spacial score (nSPS) is 10.5. The van der Waals surface area contributed by atoms with Crippen molar-refractivity contribution in [2.45, 2.75) is 16.6 Å². The molecule has 0 amide bonds. The first-order valence-corrected chi connectivity index (χ1v) is 6.61. The van der Waals surface area contributed by atoms with E-state index in [4.69, 9.17) is 46.4 Å². The Morgan fingerprint density at radius 3 is 1.71 bits per heavy atom. The minimum Gasteiger partial charge on any atom is -1.00 e. The first kappa shape index (κ1) is 17.5. The largest absolute Gasteiger partial charge is 1.00 e. The van der Waals surface area contributed by atoms with Gasteiger partial charge in [-0.15, -0.1) is 46.4 Å². The average molecular weight is 336 g/mol. The zero-order chi connectivity index (χ0) is 12.1. The van der Waals surface area contributed by atoms with Gasteiger partial charge in [0, 0.05) is 18.8 Å². The second kappa shape index (κ2) is 8.55. The number of hydrogen-bond acceptors (Lipinski definition) is 1. The Hall–Kier alpha value is 0.470. The van der Waals surface area contributed by atoms with Crippen LogP contribution < -0.4 is 17.3 Å². The second-order valence-corrected chi connectivity index (χ2v) is 6.08. The van der Waals surface area contributed by atoms with Crippen LogP contribution in [0.5, 0.6) is 0 Å². The van der Waals surface area contributed by atoms with Gasteiger partial charge in [-0.25, -0.2) is 0 Å². The Bertz CT molecular complexity index is 302. The van der Waals surface area contributed by atoms with Gasteiger partial charge in [0.2, 0.25) is 0 Å². The van der Waals surface area contributed by atoms with Gasteiger partial charge >= 0.3 is 0 Å². The lowest BCUT2D eigenvalue weighted by atomic mass is 10.2. The van der Waals surface area contributed by atoms with Crippen LogP contribution in [0.25, 0.3) is 0 Å². The van der Waals surface area contributed by atoms with E-state index in [0.29, 0.717) is 13.1 Å². The summed E-state index contributed by atoms with van der Waals surface area (Å²) in [7, 11) is 0. The molecule has 0 atom stereocenters. The van der Waals surface area contributed by atoms with Crippen molar-refractivity contribution in [1.82, 2.24) is 0 Å². The molecule has 0 aliphatic rings. The Labute approximate surface area is 128 Å². The maximum Gasteiger partial charge on any atom is 0.125 e. The summed E-state index contributed by atoms with van der Waals surface area (Å²) < 4.78 is 0. The third kappa shape index (κ3) is 6.83. The molecule has 6 heteroatoms. The summed E-state index contributed by atoms with van der Waals surface area (Å²) in [6.07, 6.45) is 0. The van der Waals surface area contributed by atoms with Crippen molar-refractivity contribution in [3.63, 3.8) is 0 Å². The maximum atomic E-state index is 5.77. The van der Waals surface area contributed by atoms with Crippen molar-refractivity contribution in [2.24, 2.45) is 0 Å². The Morgan fingerprint density at radius 2 is 1.35 bits per heavy atom. The standard InChI is InChI=1S/C11H13Cl4N.ClH/c1-8-2-4-9(5-3-8)16(6-10(12)13)7-11(14)15;/h2-5,10-11H,6-7H2,1H3;1H/p-1. The molecule has 0 heterocycles. The molecule has 0 aliphatic heterocycles. The lowest BCUT2D eigenvalue weighted by molar-refractivity contribution is -0.00000300. The van der Waals surface area contributed by atoms with Crippen LogP contribution >= 0.6 is 46.4 Å². The van der Waals surface area contributed by atoms with Crippen molar-refractivity contribution in [2.75, 3.05) is 18.0 Å². The zero-order valence-electron chi connectivity index (χ0n) is 9.22. The van der Waals surface area contributed by atoms with Crippen molar-refractivity contribution in [3.8, 4) is 0 Å². The molecular weight excluding hydrogens is 323 g/mol. The first-order valence-electron chi connectivity index (χ1n) is 4.87. The van der Waals surface area contributed by atoms with E-state index >= 15 is 0 Å². The van der Waals surface area contributed by atoms with Gasteiger partial charge in [-0.2, -0.15) is 0 Å². The van der Waals surface area contributed by atoms with E-state index in [1.165, 1.54) is 5.56 Å². The van der Waals surface area contributed by atoms with Crippen LogP contribution in [0.1, 0.15) is 5.56 Å². The van der Waals surface area contributed by atoms with Gasteiger partial charge in [-0.1, -0.05) is 17.7 Å². The van der Waals surface area contributed by atoms with Gasteiger partial charge in [0.25, 0.3) is 0 Å². The predicted molar refractivity (Wildman–Crippen MR) is 74.4 cm³/mol. The van der Waals surface area contributed by atoms with Crippen LogP contribution in [0, 0.1) is 6.92 Å². The molecule has 0 bridgehead atoms. The molecule has 17 heavy (non-hydrogen) atoms. The van der Waals surface area contributed by atoms with Crippen molar-refractivity contribution < 1.29 is 12.4 Å². The second-order valence-electron chi connectivity index (χ2n) is 3.52. The summed E-state index contributed by atoms with van der Waals surface area (Å²) in [5.74, 6) is 0. The number of benzene rings is 1. The molecule has 98 valence electrons.